The van der Waals surface area contributed by atoms with Gasteiger partial charge in [-0.15, -0.1) is 0 Å². The number of amides is 1. The summed E-state index contributed by atoms with van der Waals surface area (Å²) < 4.78 is 0. The van der Waals surface area contributed by atoms with Crippen LogP contribution in [0.15, 0.2) is 30.3 Å². The molecule has 2 rings (SSSR count). The second-order valence-electron chi connectivity index (χ2n) is 5.85. The molecule has 1 heterocycles. The fraction of sp³-hybridized carbons (Fsp3) is 0.588. The monoisotopic (exact) mass is 304 g/mol. The van der Waals surface area contributed by atoms with Gasteiger partial charge in [0.05, 0.1) is 0 Å². The number of carbonyl (C=O) groups excluding carboxylic acids is 1. The summed E-state index contributed by atoms with van der Waals surface area (Å²) in [5, 5.41) is 2.94. The summed E-state index contributed by atoms with van der Waals surface area (Å²) in [6, 6.07) is 9.74. The van der Waals surface area contributed by atoms with E-state index in [-0.39, 0.29) is 11.9 Å². The summed E-state index contributed by atoms with van der Waals surface area (Å²) in [4.78, 5) is 16.7. The number of carbonyl (C=O) groups is 1. The second kappa shape index (κ2) is 8.88. The number of piperazine rings is 1. The van der Waals surface area contributed by atoms with E-state index in [0.29, 0.717) is 13.0 Å². The van der Waals surface area contributed by atoms with Gasteiger partial charge in [-0.05, 0) is 12.1 Å². The summed E-state index contributed by atoms with van der Waals surface area (Å²) in [6.07, 6.45) is 0.549. The lowest BCUT2D eigenvalue weighted by atomic mass is 10.1. The van der Waals surface area contributed by atoms with Crippen molar-refractivity contribution in [1.29, 1.82) is 0 Å². The number of hydrogen-bond acceptors (Lipinski definition) is 4. The van der Waals surface area contributed by atoms with Crippen molar-refractivity contribution in [1.82, 2.24) is 15.1 Å². The third-order valence-electron chi connectivity index (χ3n) is 4.31. The fourth-order valence-electron chi connectivity index (χ4n) is 2.72. The van der Waals surface area contributed by atoms with Gasteiger partial charge in [-0.25, -0.2) is 0 Å². The quantitative estimate of drug-likeness (QED) is 0.783. The first-order chi connectivity index (χ1) is 10.7. The standard InChI is InChI=1S/C17H28N4O/c1-2-20-10-12-21(13-11-20)9-8-17(22)19-14-16(18)15-6-4-3-5-7-15/h3-7,16H,2,8-14,18H2,1H3,(H,19,22). The molecule has 0 spiro atoms. The fourth-order valence-corrected chi connectivity index (χ4v) is 2.72. The number of benzene rings is 1. The van der Waals surface area contributed by atoms with Crippen LogP contribution in [0.3, 0.4) is 0 Å². The Morgan fingerprint density at radius 1 is 1.18 bits per heavy atom. The predicted octanol–water partition coefficient (Wildman–Crippen LogP) is 0.830. The topological polar surface area (TPSA) is 61.6 Å². The predicted molar refractivity (Wildman–Crippen MR) is 89.6 cm³/mol. The van der Waals surface area contributed by atoms with Crippen molar-refractivity contribution in [3.8, 4) is 0 Å². The average Bonchev–Trinajstić information content (AvgIpc) is 2.59. The summed E-state index contributed by atoms with van der Waals surface area (Å²) in [6.45, 7) is 8.98. The normalized spacial score (nSPS) is 18.1. The lowest BCUT2D eigenvalue weighted by molar-refractivity contribution is -0.121. The zero-order chi connectivity index (χ0) is 15.8. The Hall–Kier alpha value is -1.43. The van der Waals surface area contributed by atoms with E-state index in [1.54, 1.807) is 0 Å². The van der Waals surface area contributed by atoms with Gasteiger partial charge in [0, 0.05) is 51.7 Å². The van der Waals surface area contributed by atoms with Gasteiger partial charge in [0.25, 0.3) is 0 Å². The first kappa shape index (κ1) is 16.9. The van der Waals surface area contributed by atoms with Crippen molar-refractivity contribution in [2.75, 3.05) is 45.8 Å². The Morgan fingerprint density at radius 2 is 1.82 bits per heavy atom. The molecule has 1 aliphatic rings. The van der Waals surface area contributed by atoms with E-state index in [0.717, 1.165) is 44.8 Å². The molecular formula is C17H28N4O. The zero-order valence-electron chi connectivity index (χ0n) is 13.5. The van der Waals surface area contributed by atoms with Crippen LogP contribution < -0.4 is 11.1 Å². The van der Waals surface area contributed by atoms with Crippen LogP contribution >= 0.6 is 0 Å². The maximum Gasteiger partial charge on any atom is 0.221 e. The van der Waals surface area contributed by atoms with Crippen LogP contribution in [-0.4, -0.2) is 61.5 Å². The Bertz CT molecular complexity index is 443. The minimum Gasteiger partial charge on any atom is -0.354 e. The van der Waals surface area contributed by atoms with Crippen LogP contribution in [-0.2, 0) is 4.79 Å². The number of nitrogens with zero attached hydrogens (tertiary/aromatic N) is 2. The molecule has 1 aliphatic heterocycles. The molecule has 22 heavy (non-hydrogen) atoms. The van der Waals surface area contributed by atoms with Crippen LogP contribution in [0.1, 0.15) is 24.9 Å². The molecule has 122 valence electrons. The van der Waals surface area contributed by atoms with Gasteiger partial charge in [0.1, 0.15) is 0 Å². The van der Waals surface area contributed by atoms with Crippen LogP contribution in [0.5, 0.6) is 0 Å². The first-order valence-corrected chi connectivity index (χ1v) is 8.21. The van der Waals surface area contributed by atoms with E-state index in [9.17, 15) is 4.79 Å². The van der Waals surface area contributed by atoms with Gasteiger partial charge in [-0.2, -0.15) is 0 Å². The van der Waals surface area contributed by atoms with E-state index in [4.69, 9.17) is 5.73 Å². The van der Waals surface area contributed by atoms with Crippen molar-refractivity contribution in [3.05, 3.63) is 35.9 Å². The molecule has 1 fully saturated rings. The molecule has 0 aromatic heterocycles. The van der Waals surface area contributed by atoms with Gasteiger partial charge in [0.15, 0.2) is 0 Å². The SMILES string of the molecule is CCN1CCN(CCC(=O)NCC(N)c2ccccc2)CC1. The van der Waals surface area contributed by atoms with Gasteiger partial charge in [0.2, 0.25) is 5.91 Å². The van der Waals surface area contributed by atoms with Crippen molar-refractivity contribution in [2.24, 2.45) is 5.73 Å². The lowest BCUT2D eigenvalue weighted by Gasteiger charge is -2.33. The summed E-state index contributed by atoms with van der Waals surface area (Å²) in [5.74, 6) is 0.0873. The van der Waals surface area contributed by atoms with Crippen molar-refractivity contribution in [3.63, 3.8) is 0 Å². The molecule has 5 heteroatoms. The number of hydrogen-bond donors (Lipinski definition) is 2. The van der Waals surface area contributed by atoms with Crippen LogP contribution in [0.4, 0.5) is 0 Å². The van der Waals surface area contributed by atoms with E-state index < -0.39 is 0 Å². The molecule has 3 N–H and O–H groups in total. The number of likely N-dealkylation sites (N-methyl/N-ethyl adjacent to an activating group) is 1. The highest BCUT2D eigenvalue weighted by Gasteiger charge is 2.16. The Kier molecular flexibility index (Phi) is 6.83. The van der Waals surface area contributed by atoms with Crippen molar-refractivity contribution < 1.29 is 4.79 Å². The number of nitrogens with one attached hydrogen (secondary N) is 1. The van der Waals surface area contributed by atoms with Crippen LogP contribution in [0.2, 0.25) is 0 Å². The Morgan fingerprint density at radius 3 is 2.45 bits per heavy atom. The number of nitrogens with two attached hydrogens (primary N) is 1. The largest absolute Gasteiger partial charge is 0.354 e. The summed E-state index contributed by atoms with van der Waals surface area (Å²) in [5.41, 5.74) is 7.14. The van der Waals surface area contributed by atoms with Crippen LogP contribution in [0, 0.1) is 0 Å². The third-order valence-corrected chi connectivity index (χ3v) is 4.31. The minimum atomic E-state index is -0.141. The van der Waals surface area contributed by atoms with Gasteiger partial charge >= 0.3 is 0 Å². The highest BCUT2D eigenvalue weighted by molar-refractivity contribution is 5.76. The van der Waals surface area contributed by atoms with Crippen LogP contribution in [0.25, 0.3) is 0 Å². The molecule has 1 aromatic rings. The molecule has 1 aromatic carbocycles. The Labute approximate surface area is 133 Å². The highest BCUT2D eigenvalue weighted by atomic mass is 16.1. The maximum atomic E-state index is 11.9. The molecule has 1 amide bonds. The molecule has 5 nitrogen and oxygen atoms in total. The average molecular weight is 304 g/mol. The van der Waals surface area contributed by atoms with E-state index in [2.05, 4.69) is 22.0 Å². The van der Waals surface area contributed by atoms with E-state index >= 15 is 0 Å². The van der Waals surface area contributed by atoms with Gasteiger partial charge < -0.3 is 20.9 Å². The smallest absolute Gasteiger partial charge is 0.221 e. The second-order valence-corrected chi connectivity index (χ2v) is 5.85. The molecule has 1 unspecified atom stereocenters. The summed E-state index contributed by atoms with van der Waals surface area (Å²) >= 11 is 0. The van der Waals surface area contributed by atoms with E-state index in [1.165, 1.54) is 0 Å². The Balaban J connectivity index is 1.62. The summed E-state index contributed by atoms with van der Waals surface area (Å²) in [7, 11) is 0. The van der Waals surface area contributed by atoms with Crippen molar-refractivity contribution >= 4 is 5.91 Å². The maximum absolute atomic E-state index is 11.9. The highest BCUT2D eigenvalue weighted by Crippen LogP contribution is 2.08. The third kappa shape index (κ3) is 5.40. The van der Waals surface area contributed by atoms with Crippen molar-refractivity contribution in [2.45, 2.75) is 19.4 Å². The first-order valence-electron chi connectivity index (χ1n) is 8.21. The zero-order valence-corrected chi connectivity index (χ0v) is 13.5. The molecule has 0 saturated carbocycles. The molecule has 0 bridgehead atoms. The van der Waals surface area contributed by atoms with Gasteiger partial charge in [-0.3, -0.25) is 4.79 Å². The molecular weight excluding hydrogens is 276 g/mol. The lowest BCUT2D eigenvalue weighted by Crippen LogP contribution is -2.47. The molecule has 0 radical (unpaired) electrons. The van der Waals surface area contributed by atoms with E-state index in [1.807, 2.05) is 30.3 Å². The number of rotatable bonds is 7. The minimum absolute atomic E-state index is 0.0873. The molecule has 0 aliphatic carbocycles. The molecule has 1 atom stereocenters. The molecule has 1 saturated heterocycles. The van der Waals surface area contributed by atoms with Gasteiger partial charge in [-0.1, -0.05) is 37.3 Å².